The molecule has 0 heterocycles. The lowest BCUT2D eigenvalue weighted by molar-refractivity contribution is -0.154. The normalized spacial score (nSPS) is 11.9. The summed E-state index contributed by atoms with van der Waals surface area (Å²) in [5.74, 6) is -1.02. The van der Waals surface area contributed by atoms with Crippen LogP contribution >= 0.6 is 0 Å². The van der Waals surface area contributed by atoms with Crippen LogP contribution in [0.4, 0.5) is 0 Å². The van der Waals surface area contributed by atoms with Gasteiger partial charge in [-0.05, 0) is 38.8 Å². The van der Waals surface area contributed by atoms with E-state index in [0.29, 0.717) is 5.56 Å². The van der Waals surface area contributed by atoms with Crippen LogP contribution in [0.5, 0.6) is 0 Å². The fraction of sp³-hybridized carbons (Fsp3) is 0.500. The van der Waals surface area contributed by atoms with Crippen LogP contribution in [-0.2, 0) is 31.1 Å². The van der Waals surface area contributed by atoms with Gasteiger partial charge in [0.15, 0.2) is 5.66 Å². The molecule has 0 unspecified atom stereocenters. The first-order valence-electron chi connectivity index (χ1n) is 7.12. The van der Waals surface area contributed by atoms with E-state index < -0.39 is 17.2 Å². The van der Waals surface area contributed by atoms with Crippen molar-refractivity contribution < 1.29 is 19.1 Å². The molecule has 1 aromatic carbocycles. The highest BCUT2D eigenvalue weighted by atomic mass is 16.6. The number of esters is 2. The number of rotatable bonds is 5. The van der Waals surface area contributed by atoms with E-state index in [0.717, 1.165) is 5.56 Å². The Balaban J connectivity index is 2.78. The second-order valence-corrected chi connectivity index (χ2v) is 6.05. The summed E-state index contributed by atoms with van der Waals surface area (Å²) in [6.45, 7) is 7.31. The molecule has 6 nitrogen and oxygen atoms in total. The van der Waals surface area contributed by atoms with E-state index >= 15 is 0 Å². The fourth-order valence-corrected chi connectivity index (χ4v) is 1.81. The van der Waals surface area contributed by atoms with E-state index in [9.17, 15) is 9.59 Å². The van der Waals surface area contributed by atoms with Crippen molar-refractivity contribution in [2.24, 2.45) is 11.5 Å². The molecule has 1 rings (SSSR count). The van der Waals surface area contributed by atoms with Crippen molar-refractivity contribution in [2.45, 2.75) is 45.4 Å². The molecule has 0 aliphatic heterocycles. The van der Waals surface area contributed by atoms with Gasteiger partial charge in [-0.25, -0.2) is 4.79 Å². The number of ether oxygens (including phenoxy) is 2. The summed E-state index contributed by atoms with van der Waals surface area (Å²) >= 11 is 0. The van der Waals surface area contributed by atoms with Crippen molar-refractivity contribution in [1.29, 1.82) is 0 Å². The van der Waals surface area contributed by atoms with Crippen LogP contribution in [0.15, 0.2) is 24.3 Å². The lowest BCUT2D eigenvalue weighted by atomic mass is 9.99. The monoisotopic (exact) mass is 308 g/mol. The van der Waals surface area contributed by atoms with Gasteiger partial charge in [0.25, 0.3) is 0 Å². The van der Waals surface area contributed by atoms with Gasteiger partial charge in [0.2, 0.25) is 0 Å². The zero-order chi connectivity index (χ0) is 17.0. The van der Waals surface area contributed by atoms with E-state index in [1.807, 2.05) is 20.8 Å². The number of carbonyl (C=O) groups excluding carboxylic acids is 2. The smallest absolute Gasteiger partial charge is 0.345 e. The average molecular weight is 308 g/mol. The van der Waals surface area contributed by atoms with Crippen molar-refractivity contribution in [2.75, 3.05) is 6.61 Å². The van der Waals surface area contributed by atoms with Crippen LogP contribution in [0.3, 0.4) is 0 Å². The second kappa shape index (κ2) is 6.89. The molecule has 0 atom stereocenters. The maximum atomic E-state index is 11.8. The Kier molecular flexibility index (Phi) is 5.68. The van der Waals surface area contributed by atoms with E-state index in [1.54, 1.807) is 31.2 Å². The topological polar surface area (TPSA) is 105 Å². The Labute approximate surface area is 130 Å². The number of carbonyl (C=O) groups is 2. The minimum atomic E-state index is -1.71. The molecule has 0 aromatic heterocycles. The number of nitrogens with two attached hydrogens (primary N) is 2. The molecule has 1 aromatic rings. The molecule has 0 amide bonds. The van der Waals surface area contributed by atoms with Crippen molar-refractivity contribution >= 4 is 11.9 Å². The van der Waals surface area contributed by atoms with E-state index in [-0.39, 0.29) is 19.0 Å². The van der Waals surface area contributed by atoms with E-state index in [2.05, 4.69) is 0 Å². The maximum Gasteiger partial charge on any atom is 0.345 e. The first-order valence-corrected chi connectivity index (χ1v) is 7.12. The van der Waals surface area contributed by atoms with Crippen LogP contribution in [0.2, 0.25) is 0 Å². The molecular weight excluding hydrogens is 284 g/mol. The second-order valence-electron chi connectivity index (χ2n) is 6.05. The van der Waals surface area contributed by atoms with E-state index in [4.69, 9.17) is 20.9 Å². The lowest BCUT2D eigenvalue weighted by Gasteiger charge is -2.23. The van der Waals surface area contributed by atoms with Crippen LogP contribution in [0, 0.1) is 0 Å². The molecule has 4 N–H and O–H groups in total. The molecule has 0 radical (unpaired) electrons. The number of hydrogen-bond donors (Lipinski definition) is 2. The first-order chi connectivity index (χ1) is 10.1. The average Bonchev–Trinajstić information content (AvgIpc) is 2.37. The van der Waals surface area contributed by atoms with Gasteiger partial charge in [0, 0.05) is 0 Å². The molecule has 0 saturated carbocycles. The maximum absolute atomic E-state index is 11.8. The van der Waals surface area contributed by atoms with Gasteiger partial charge in [-0.15, -0.1) is 0 Å². The molecule has 6 heteroatoms. The van der Waals surface area contributed by atoms with Crippen molar-refractivity contribution in [3.05, 3.63) is 35.4 Å². The predicted molar refractivity (Wildman–Crippen MR) is 82.7 cm³/mol. The molecule has 0 fully saturated rings. The number of hydrogen-bond acceptors (Lipinski definition) is 6. The highest BCUT2D eigenvalue weighted by molar-refractivity contribution is 5.81. The zero-order valence-corrected chi connectivity index (χ0v) is 13.5. The van der Waals surface area contributed by atoms with Gasteiger partial charge >= 0.3 is 11.9 Å². The van der Waals surface area contributed by atoms with Gasteiger partial charge < -0.3 is 20.9 Å². The third kappa shape index (κ3) is 5.13. The van der Waals surface area contributed by atoms with Crippen molar-refractivity contribution in [3.63, 3.8) is 0 Å². The Bertz CT molecular complexity index is 530. The Hall–Kier alpha value is -1.92. The molecular formula is C16H24N2O4. The summed E-state index contributed by atoms with van der Waals surface area (Å²) in [5.41, 5.74) is 10.6. The van der Waals surface area contributed by atoms with Gasteiger partial charge in [-0.3, -0.25) is 4.79 Å². The molecule has 0 aliphatic rings. The SMILES string of the molecule is CCOC(=O)C(N)(N)c1ccc(CC(=O)OC(C)(C)C)cc1. The number of benzene rings is 1. The third-order valence-electron chi connectivity index (χ3n) is 2.81. The van der Waals surface area contributed by atoms with Crippen LogP contribution in [-0.4, -0.2) is 24.1 Å². The van der Waals surface area contributed by atoms with Crippen molar-refractivity contribution in [1.82, 2.24) is 0 Å². The minimum absolute atomic E-state index is 0.138. The van der Waals surface area contributed by atoms with Crippen molar-refractivity contribution in [3.8, 4) is 0 Å². The van der Waals surface area contributed by atoms with Crippen LogP contribution in [0.25, 0.3) is 0 Å². The van der Waals surface area contributed by atoms with Gasteiger partial charge in [-0.2, -0.15) is 0 Å². The highest BCUT2D eigenvalue weighted by Gasteiger charge is 2.33. The van der Waals surface area contributed by atoms with Crippen LogP contribution < -0.4 is 11.5 Å². The van der Waals surface area contributed by atoms with Gasteiger partial charge in [0.05, 0.1) is 13.0 Å². The zero-order valence-electron chi connectivity index (χ0n) is 13.5. The van der Waals surface area contributed by atoms with Gasteiger partial charge in [-0.1, -0.05) is 24.3 Å². The highest BCUT2D eigenvalue weighted by Crippen LogP contribution is 2.17. The van der Waals surface area contributed by atoms with Gasteiger partial charge in [0.1, 0.15) is 5.60 Å². The van der Waals surface area contributed by atoms with E-state index in [1.165, 1.54) is 0 Å². The molecule has 0 spiro atoms. The summed E-state index contributed by atoms with van der Waals surface area (Å²) in [5, 5.41) is 0. The Morgan fingerprint density at radius 3 is 2.09 bits per heavy atom. The fourth-order valence-electron chi connectivity index (χ4n) is 1.81. The standard InChI is InChI=1S/C16H24N2O4/c1-5-21-14(20)16(17,18)12-8-6-11(7-9-12)10-13(19)22-15(2,3)4/h6-9H,5,10,17-18H2,1-4H3. The first kappa shape index (κ1) is 18.1. The quantitative estimate of drug-likeness (QED) is 0.625. The largest absolute Gasteiger partial charge is 0.463 e. The Morgan fingerprint density at radius 1 is 1.09 bits per heavy atom. The Morgan fingerprint density at radius 2 is 1.64 bits per heavy atom. The summed E-state index contributed by atoms with van der Waals surface area (Å²) in [7, 11) is 0. The molecule has 22 heavy (non-hydrogen) atoms. The van der Waals surface area contributed by atoms with Crippen LogP contribution in [0.1, 0.15) is 38.8 Å². The minimum Gasteiger partial charge on any atom is -0.463 e. The molecule has 0 bridgehead atoms. The molecule has 0 aliphatic carbocycles. The predicted octanol–water partition coefficient (Wildman–Crippen LogP) is 1.20. The molecule has 122 valence electrons. The lowest BCUT2D eigenvalue weighted by Crippen LogP contribution is -2.54. The summed E-state index contributed by atoms with van der Waals surface area (Å²) in [6, 6.07) is 6.59. The third-order valence-corrected chi connectivity index (χ3v) is 2.81. The summed E-state index contributed by atoms with van der Waals surface area (Å²) < 4.78 is 10.1. The summed E-state index contributed by atoms with van der Waals surface area (Å²) in [4.78, 5) is 23.5. The molecule has 0 saturated heterocycles. The summed E-state index contributed by atoms with van der Waals surface area (Å²) in [6.07, 6.45) is 0.138.